The van der Waals surface area contributed by atoms with Crippen molar-refractivity contribution in [3.63, 3.8) is 0 Å². The number of hydrogen-bond donors (Lipinski definition) is 1. The summed E-state index contributed by atoms with van der Waals surface area (Å²) < 4.78 is 0. The van der Waals surface area contributed by atoms with E-state index in [1.54, 1.807) is 12.4 Å². The van der Waals surface area contributed by atoms with Crippen molar-refractivity contribution in [2.45, 2.75) is 19.9 Å². The second kappa shape index (κ2) is 6.01. The summed E-state index contributed by atoms with van der Waals surface area (Å²) in [5.74, 6) is 1.20. The minimum atomic E-state index is 0.458. The largest absolute Gasteiger partial charge is 0.353 e. The maximum atomic E-state index is 5.71. The van der Waals surface area contributed by atoms with Gasteiger partial charge in [-0.25, -0.2) is 9.97 Å². The number of likely N-dealkylation sites (N-methyl/N-ethyl adjacent to an activating group) is 1. The summed E-state index contributed by atoms with van der Waals surface area (Å²) in [5, 5.41) is 3.77. The van der Waals surface area contributed by atoms with Crippen LogP contribution in [0.4, 0.5) is 5.95 Å². The molecule has 0 aliphatic carbocycles. The van der Waals surface area contributed by atoms with Crippen LogP contribution < -0.4 is 5.32 Å². The van der Waals surface area contributed by atoms with Crippen molar-refractivity contribution in [1.29, 1.82) is 0 Å². The molecule has 0 bridgehead atoms. The fourth-order valence-electron chi connectivity index (χ4n) is 1.61. The van der Waals surface area contributed by atoms with Crippen LogP contribution in [0.3, 0.4) is 0 Å². The normalized spacial score (nSPS) is 13.2. The lowest BCUT2D eigenvalue weighted by Gasteiger charge is -2.28. The van der Waals surface area contributed by atoms with Gasteiger partial charge in [0, 0.05) is 12.6 Å². The van der Waals surface area contributed by atoms with E-state index in [1.807, 2.05) is 0 Å². The van der Waals surface area contributed by atoms with Crippen molar-refractivity contribution in [3.8, 4) is 0 Å². The predicted molar refractivity (Wildman–Crippen MR) is 67.8 cm³/mol. The smallest absolute Gasteiger partial charge is 0.222 e. The molecule has 0 aliphatic rings. The molecule has 1 N–H and O–H groups in total. The van der Waals surface area contributed by atoms with Crippen LogP contribution in [0, 0.1) is 5.92 Å². The van der Waals surface area contributed by atoms with Crippen molar-refractivity contribution in [1.82, 2.24) is 14.9 Å². The topological polar surface area (TPSA) is 41.1 Å². The van der Waals surface area contributed by atoms with E-state index < -0.39 is 0 Å². The Bertz CT molecular complexity index is 302. The highest BCUT2D eigenvalue weighted by atomic mass is 35.5. The monoisotopic (exact) mass is 242 g/mol. The molecule has 0 saturated carbocycles. The molecule has 1 unspecified atom stereocenters. The molecular weight excluding hydrogens is 224 g/mol. The molecule has 1 atom stereocenters. The molecule has 0 fully saturated rings. The highest BCUT2D eigenvalue weighted by Gasteiger charge is 2.15. The predicted octanol–water partition coefficient (Wildman–Crippen LogP) is 2.13. The summed E-state index contributed by atoms with van der Waals surface area (Å²) in [6, 6.07) is 0.458. The second-order valence-corrected chi connectivity index (χ2v) is 4.82. The fraction of sp³-hybridized carbons (Fsp3) is 0.636. The van der Waals surface area contributed by atoms with Gasteiger partial charge in [0.1, 0.15) is 0 Å². The molecule has 0 aromatic carbocycles. The Kier molecular flexibility index (Phi) is 4.96. The summed E-state index contributed by atoms with van der Waals surface area (Å²) >= 11 is 5.71. The van der Waals surface area contributed by atoms with Gasteiger partial charge in [0.15, 0.2) is 0 Å². The second-order valence-electron chi connectivity index (χ2n) is 4.38. The lowest BCUT2D eigenvalue weighted by atomic mass is 10.0. The van der Waals surface area contributed by atoms with E-state index in [0.717, 1.165) is 6.54 Å². The van der Waals surface area contributed by atoms with Crippen molar-refractivity contribution in [2.24, 2.45) is 5.92 Å². The number of nitrogens with zero attached hydrogens (tertiary/aromatic N) is 3. The Morgan fingerprint density at radius 3 is 2.31 bits per heavy atom. The SMILES string of the molecule is CC(C)C(CNc1ncc(Cl)cn1)N(C)C. The van der Waals surface area contributed by atoms with Crippen LogP contribution in [0.5, 0.6) is 0 Å². The Morgan fingerprint density at radius 1 is 1.31 bits per heavy atom. The summed E-state index contributed by atoms with van der Waals surface area (Å²) in [4.78, 5) is 10.4. The summed E-state index contributed by atoms with van der Waals surface area (Å²) in [7, 11) is 4.16. The summed E-state index contributed by atoms with van der Waals surface area (Å²) in [6.07, 6.45) is 3.19. The van der Waals surface area contributed by atoms with Crippen LogP contribution in [-0.4, -0.2) is 41.5 Å². The lowest BCUT2D eigenvalue weighted by molar-refractivity contribution is 0.243. The third-order valence-electron chi connectivity index (χ3n) is 2.52. The number of aromatic nitrogens is 2. The number of halogens is 1. The maximum absolute atomic E-state index is 5.71. The van der Waals surface area contributed by atoms with Crippen LogP contribution in [0.15, 0.2) is 12.4 Å². The molecule has 0 aliphatic heterocycles. The average Bonchev–Trinajstić information content (AvgIpc) is 2.20. The van der Waals surface area contributed by atoms with E-state index in [1.165, 1.54) is 0 Å². The standard InChI is InChI=1S/C11H19ClN4/c1-8(2)10(16(3)4)7-15-11-13-5-9(12)6-14-11/h5-6,8,10H,7H2,1-4H3,(H,13,14,15). The first-order chi connectivity index (χ1) is 7.50. The molecule has 1 aromatic rings. The molecule has 5 heteroatoms. The van der Waals surface area contributed by atoms with Crippen LogP contribution in [-0.2, 0) is 0 Å². The number of rotatable bonds is 5. The quantitative estimate of drug-likeness (QED) is 0.859. The van der Waals surface area contributed by atoms with E-state index in [0.29, 0.717) is 22.9 Å². The molecule has 90 valence electrons. The number of nitrogens with one attached hydrogen (secondary N) is 1. The van der Waals surface area contributed by atoms with Crippen LogP contribution in [0.2, 0.25) is 5.02 Å². The minimum absolute atomic E-state index is 0.458. The fourth-order valence-corrected chi connectivity index (χ4v) is 1.71. The van der Waals surface area contributed by atoms with Gasteiger partial charge in [0.05, 0.1) is 17.4 Å². The Morgan fingerprint density at radius 2 is 1.88 bits per heavy atom. The lowest BCUT2D eigenvalue weighted by Crippen LogP contribution is -2.38. The zero-order valence-corrected chi connectivity index (χ0v) is 11.0. The van der Waals surface area contributed by atoms with Crippen molar-refractivity contribution >= 4 is 17.5 Å². The Labute approximate surface area is 102 Å². The first kappa shape index (κ1) is 13.2. The molecule has 4 nitrogen and oxygen atoms in total. The number of hydrogen-bond acceptors (Lipinski definition) is 4. The maximum Gasteiger partial charge on any atom is 0.222 e. The van der Waals surface area contributed by atoms with Crippen molar-refractivity contribution in [3.05, 3.63) is 17.4 Å². The molecule has 0 saturated heterocycles. The van der Waals surface area contributed by atoms with Crippen LogP contribution in [0.1, 0.15) is 13.8 Å². The Balaban J connectivity index is 2.52. The molecule has 0 amide bonds. The van der Waals surface area contributed by atoms with Gasteiger partial charge in [-0.1, -0.05) is 25.4 Å². The zero-order chi connectivity index (χ0) is 12.1. The molecule has 16 heavy (non-hydrogen) atoms. The van der Waals surface area contributed by atoms with E-state index in [2.05, 4.69) is 48.1 Å². The van der Waals surface area contributed by atoms with Crippen LogP contribution >= 0.6 is 11.6 Å². The molecule has 1 aromatic heterocycles. The first-order valence-electron chi connectivity index (χ1n) is 5.38. The van der Waals surface area contributed by atoms with E-state index in [-0.39, 0.29) is 0 Å². The first-order valence-corrected chi connectivity index (χ1v) is 5.76. The summed E-state index contributed by atoms with van der Waals surface area (Å²) in [6.45, 7) is 5.23. The van der Waals surface area contributed by atoms with Gasteiger partial charge in [-0.3, -0.25) is 0 Å². The van der Waals surface area contributed by atoms with E-state index in [4.69, 9.17) is 11.6 Å². The highest BCUT2D eigenvalue weighted by Crippen LogP contribution is 2.09. The van der Waals surface area contributed by atoms with Crippen molar-refractivity contribution < 1.29 is 0 Å². The van der Waals surface area contributed by atoms with Gasteiger partial charge >= 0.3 is 0 Å². The molecule has 0 spiro atoms. The van der Waals surface area contributed by atoms with Crippen molar-refractivity contribution in [2.75, 3.05) is 26.0 Å². The van der Waals surface area contributed by atoms with Gasteiger partial charge in [-0.05, 0) is 20.0 Å². The third kappa shape index (κ3) is 3.94. The zero-order valence-electron chi connectivity index (χ0n) is 10.2. The average molecular weight is 243 g/mol. The number of anilines is 1. The highest BCUT2D eigenvalue weighted by molar-refractivity contribution is 6.30. The van der Waals surface area contributed by atoms with E-state index >= 15 is 0 Å². The molecule has 1 rings (SSSR count). The van der Waals surface area contributed by atoms with E-state index in [9.17, 15) is 0 Å². The molecular formula is C11H19ClN4. The van der Waals surface area contributed by atoms with Gasteiger partial charge in [-0.2, -0.15) is 0 Å². The van der Waals surface area contributed by atoms with Crippen LogP contribution in [0.25, 0.3) is 0 Å². The molecule has 0 radical (unpaired) electrons. The molecule has 1 heterocycles. The minimum Gasteiger partial charge on any atom is -0.353 e. The van der Waals surface area contributed by atoms with Gasteiger partial charge in [-0.15, -0.1) is 0 Å². The summed E-state index contributed by atoms with van der Waals surface area (Å²) in [5.41, 5.74) is 0. The Hall–Kier alpha value is -0.870. The van der Waals surface area contributed by atoms with Gasteiger partial charge in [0.25, 0.3) is 0 Å². The van der Waals surface area contributed by atoms with Gasteiger partial charge in [0.2, 0.25) is 5.95 Å². The third-order valence-corrected chi connectivity index (χ3v) is 2.72. The van der Waals surface area contributed by atoms with Gasteiger partial charge < -0.3 is 10.2 Å².